The Labute approximate surface area is 188 Å². The van der Waals surface area contributed by atoms with Crippen LogP contribution >= 0.6 is 0 Å². The molecule has 9 heteroatoms. The fourth-order valence-corrected chi connectivity index (χ4v) is 3.54. The Bertz CT molecular complexity index is 1050. The third-order valence-electron chi connectivity index (χ3n) is 5.37. The van der Waals surface area contributed by atoms with Crippen molar-refractivity contribution in [3.63, 3.8) is 0 Å². The van der Waals surface area contributed by atoms with Gasteiger partial charge >= 0.3 is 0 Å². The zero-order chi connectivity index (χ0) is 23.1. The van der Waals surface area contributed by atoms with E-state index in [1.54, 1.807) is 7.11 Å². The predicted octanol–water partition coefficient (Wildman–Crippen LogP) is 3.17. The summed E-state index contributed by atoms with van der Waals surface area (Å²) in [5, 5.41) is 21.7. The molecule has 3 rings (SSSR count). The number of carbonyl (C=O) groups is 1. The third kappa shape index (κ3) is 5.72. The summed E-state index contributed by atoms with van der Waals surface area (Å²) in [5.41, 5.74) is 2.37. The molecule has 0 saturated heterocycles. The van der Waals surface area contributed by atoms with Crippen LogP contribution in [-0.4, -0.2) is 63.4 Å². The molecule has 174 valence electrons. The number of anilines is 1. The summed E-state index contributed by atoms with van der Waals surface area (Å²) in [7, 11) is 1.64. The van der Waals surface area contributed by atoms with Gasteiger partial charge in [-0.05, 0) is 37.8 Å². The number of ketones is 1. The summed E-state index contributed by atoms with van der Waals surface area (Å²) in [4.78, 5) is 16.7. The van der Waals surface area contributed by atoms with E-state index in [9.17, 15) is 9.90 Å². The van der Waals surface area contributed by atoms with Crippen molar-refractivity contribution in [3.8, 4) is 5.75 Å². The van der Waals surface area contributed by atoms with Crippen LogP contribution in [0, 0.1) is 12.8 Å². The maximum atomic E-state index is 11.9. The molecule has 0 aliphatic heterocycles. The molecule has 0 amide bonds. The summed E-state index contributed by atoms with van der Waals surface area (Å²) in [6.45, 7) is 7.30. The Kier molecular flexibility index (Phi) is 8.35. The lowest BCUT2D eigenvalue weighted by atomic mass is 9.99. The second-order valence-electron chi connectivity index (χ2n) is 8.25. The molecule has 0 aliphatic rings. The molecule has 0 unspecified atom stereocenters. The first-order chi connectivity index (χ1) is 15.4. The van der Waals surface area contributed by atoms with Gasteiger partial charge < -0.3 is 19.9 Å². The monoisotopic (exact) mass is 443 g/mol. The Morgan fingerprint density at radius 1 is 1.19 bits per heavy atom. The van der Waals surface area contributed by atoms with Crippen LogP contribution in [0.1, 0.15) is 45.4 Å². The number of rotatable bonds is 13. The Morgan fingerprint density at radius 3 is 2.75 bits per heavy atom. The van der Waals surface area contributed by atoms with Crippen LogP contribution in [-0.2, 0) is 9.53 Å². The smallest absolute Gasteiger partial charge is 0.204 e. The van der Waals surface area contributed by atoms with Crippen molar-refractivity contribution >= 4 is 28.3 Å². The number of hydrogen-bond donors (Lipinski definition) is 2. The minimum Gasteiger partial charge on any atom is -0.491 e. The molecule has 9 nitrogen and oxygen atoms in total. The fourth-order valence-electron chi connectivity index (χ4n) is 3.54. The van der Waals surface area contributed by atoms with Crippen LogP contribution < -0.4 is 10.1 Å². The van der Waals surface area contributed by atoms with Crippen molar-refractivity contribution in [1.82, 2.24) is 19.6 Å². The van der Waals surface area contributed by atoms with E-state index in [4.69, 9.17) is 14.5 Å². The van der Waals surface area contributed by atoms with Crippen LogP contribution in [0.5, 0.6) is 5.75 Å². The lowest BCUT2D eigenvalue weighted by Gasteiger charge is -2.13. The summed E-state index contributed by atoms with van der Waals surface area (Å²) in [6, 6.07) is 5.77. The van der Waals surface area contributed by atoms with Crippen molar-refractivity contribution in [3.05, 3.63) is 24.0 Å². The van der Waals surface area contributed by atoms with Crippen LogP contribution in [0.15, 0.2) is 18.2 Å². The number of methoxy groups -OCH3 is 1. The molecule has 1 aromatic carbocycles. The van der Waals surface area contributed by atoms with Crippen molar-refractivity contribution in [2.75, 3.05) is 32.2 Å². The van der Waals surface area contributed by atoms with Gasteiger partial charge in [0.1, 0.15) is 24.3 Å². The number of fused-ring (bicyclic) bond motifs is 3. The van der Waals surface area contributed by atoms with Gasteiger partial charge in [0.25, 0.3) is 0 Å². The van der Waals surface area contributed by atoms with Gasteiger partial charge in [0.05, 0.1) is 17.6 Å². The third-order valence-corrected chi connectivity index (χ3v) is 5.37. The number of aryl methyl sites for hydroxylation is 1. The lowest BCUT2D eigenvalue weighted by molar-refractivity contribution is -0.129. The van der Waals surface area contributed by atoms with Gasteiger partial charge in [0.15, 0.2) is 11.6 Å². The number of hydrogen-bond acceptors (Lipinski definition) is 8. The van der Waals surface area contributed by atoms with Crippen LogP contribution in [0.4, 0.5) is 5.82 Å². The largest absolute Gasteiger partial charge is 0.491 e. The summed E-state index contributed by atoms with van der Waals surface area (Å²) < 4.78 is 12.7. The summed E-state index contributed by atoms with van der Waals surface area (Å²) in [5.74, 6) is 2.06. The fraction of sp³-hybridized carbons (Fsp3) is 0.565. The van der Waals surface area contributed by atoms with E-state index in [0.29, 0.717) is 37.6 Å². The number of ether oxygens (including phenoxy) is 2. The number of unbranched alkanes of at least 4 members (excludes halogenated alkanes) is 2. The van der Waals surface area contributed by atoms with Crippen molar-refractivity contribution < 1.29 is 19.4 Å². The number of Topliss-reactive ketones (excluding diaryl/α,β-unsaturated/α-hetero) is 1. The van der Waals surface area contributed by atoms with Crippen LogP contribution in [0.25, 0.3) is 16.7 Å². The van der Waals surface area contributed by atoms with Gasteiger partial charge in [-0.3, -0.25) is 9.20 Å². The quantitative estimate of drug-likeness (QED) is 0.388. The van der Waals surface area contributed by atoms with E-state index in [1.165, 1.54) is 0 Å². The molecule has 0 saturated carbocycles. The Morgan fingerprint density at radius 2 is 2.00 bits per heavy atom. The standard InChI is InChI=1S/C23H33N5O4/c1-15(2)21(30)20(29)8-6-5-7-11-24-22-23-27-26-16(3)28(23)19-10-9-17(14-18(19)25-22)32-13-12-31-4/h9-10,14-15,21,30H,5-8,11-13H2,1-4H3,(H,24,25)/t21-/m0/s1. The van der Waals surface area contributed by atoms with Crippen molar-refractivity contribution in [1.29, 1.82) is 0 Å². The van der Waals surface area contributed by atoms with Crippen molar-refractivity contribution in [2.45, 2.75) is 52.6 Å². The minimum atomic E-state index is -0.859. The minimum absolute atomic E-state index is 0.0388. The molecule has 0 bridgehead atoms. The van der Waals surface area contributed by atoms with Gasteiger partial charge in [0, 0.05) is 26.1 Å². The van der Waals surface area contributed by atoms with Gasteiger partial charge in [-0.2, -0.15) is 0 Å². The maximum Gasteiger partial charge on any atom is 0.204 e. The van der Waals surface area contributed by atoms with E-state index in [1.807, 2.05) is 43.4 Å². The van der Waals surface area contributed by atoms with Gasteiger partial charge in [-0.15, -0.1) is 10.2 Å². The first-order valence-electron chi connectivity index (χ1n) is 11.1. The van der Waals surface area contributed by atoms with E-state index < -0.39 is 6.10 Å². The van der Waals surface area contributed by atoms with E-state index in [2.05, 4.69) is 15.5 Å². The van der Waals surface area contributed by atoms with Gasteiger partial charge in [-0.25, -0.2) is 4.98 Å². The number of benzene rings is 1. The molecular formula is C23H33N5O4. The Hall–Kier alpha value is -2.78. The second-order valence-corrected chi connectivity index (χ2v) is 8.25. The number of aromatic nitrogens is 4. The first-order valence-corrected chi connectivity index (χ1v) is 11.1. The van der Waals surface area contributed by atoms with E-state index in [-0.39, 0.29) is 11.7 Å². The molecule has 0 fully saturated rings. The lowest BCUT2D eigenvalue weighted by Crippen LogP contribution is -2.25. The zero-order valence-corrected chi connectivity index (χ0v) is 19.3. The Balaban J connectivity index is 1.64. The van der Waals surface area contributed by atoms with E-state index >= 15 is 0 Å². The van der Waals surface area contributed by atoms with E-state index in [0.717, 1.165) is 41.9 Å². The molecule has 3 aromatic rings. The average molecular weight is 444 g/mol. The average Bonchev–Trinajstić information content (AvgIpc) is 3.17. The highest BCUT2D eigenvalue weighted by Crippen LogP contribution is 2.25. The highest BCUT2D eigenvalue weighted by atomic mass is 16.5. The SMILES string of the molecule is COCCOc1ccc2c(c1)nc(NCCCCCC(=O)[C@@H](O)C(C)C)c1nnc(C)n12. The molecule has 2 N–H and O–H groups in total. The molecule has 2 aromatic heterocycles. The number of aliphatic hydroxyl groups is 1. The topological polar surface area (TPSA) is 111 Å². The molecular weight excluding hydrogens is 410 g/mol. The molecule has 2 heterocycles. The predicted molar refractivity (Wildman–Crippen MR) is 123 cm³/mol. The number of nitrogens with one attached hydrogen (secondary N) is 1. The zero-order valence-electron chi connectivity index (χ0n) is 19.3. The van der Waals surface area contributed by atoms with Crippen molar-refractivity contribution in [2.24, 2.45) is 5.92 Å². The second kappa shape index (κ2) is 11.2. The van der Waals surface area contributed by atoms with Gasteiger partial charge in [0.2, 0.25) is 5.65 Å². The highest BCUT2D eigenvalue weighted by molar-refractivity contribution is 5.84. The molecule has 0 spiro atoms. The normalized spacial score (nSPS) is 12.6. The molecule has 0 radical (unpaired) electrons. The van der Waals surface area contributed by atoms with Gasteiger partial charge in [-0.1, -0.05) is 20.3 Å². The maximum absolute atomic E-state index is 11.9. The summed E-state index contributed by atoms with van der Waals surface area (Å²) in [6.07, 6.45) is 2.08. The number of nitrogens with zero attached hydrogens (tertiary/aromatic N) is 4. The highest BCUT2D eigenvalue weighted by Gasteiger charge is 2.18. The first kappa shape index (κ1) is 23.9. The van der Waals surface area contributed by atoms with Crippen LogP contribution in [0.3, 0.4) is 0 Å². The molecule has 32 heavy (non-hydrogen) atoms. The molecule has 0 aliphatic carbocycles. The number of carbonyl (C=O) groups excluding carboxylic acids is 1. The number of aliphatic hydroxyl groups excluding tert-OH is 1. The molecule has 1 atom stereocenters. The van der Waals surface area contributed by atoms with Crippen LogP contribution in [0.2, 0.25) is 0 Å². The summed E-state index contributed by atoms with van der Waals surface area (Å²) >= 11 is 0.